The van der Waals surface area contributed by atoms with Crippen LogP contribution < -0.4 is 10.6 Å². The standard InChI is InChI=1S/C18H17N3S2/c22-17(21-18-20-15-9-3-4-11-16(15)23-18)19-14-10-5-7-12-6-1-2-8-13(12)14/h1-2,5-8,10H,3-4,9,11H2,(H2,19,20,21,22). The maximum absolute atomic E-state index is 5.47. The zero-order chi connectivity index (χ0) is 15.6. The average Bonchev–Trinajstić information content (AvgIpc) is 2.97. The second-order valence-electron chi connectivity index (χ2n) is 5.70. The summed E-state index contributed by atoms with van der Waals surface area (Å²) in [6.45, 7) is 0. The lowest BCUT2D eigenvalue weighted by Crippen LogP contribution is -2.19. The molecule has 5 heteroatoms. The number of hydrogen-bond acceptors (Lipinski definition) is 3. The highest BCUT2D eigenvalue weighted by molar-refractivity contribution is 7.80. The quantitative estimate of drug-likeness (QED) is 0.645. The van der Waals surface area contributed by atoms with Crippen molar-refractivity contribution in [3.8, 4) is 0 Å². The van der Waals surface area contributed by atoms with Gasteiger partial charge in [0.05, 0.1) is 5.69 Å². The Kier molecular flexibility index (Phi) is 3.97. The molecule has 0 unspecified atom stereocenters. The number of hydrogen-bond donors (Lipinski definition) is 2. The average molecular weight is 339 g/mol. The first-order valence-electron chi connectivity index (χ1n) is 7.84. The number of aromatic nitrogens is 1. The van der Waals surface area contributed by atoms with Crippen LogP contribution in [-0.2, 0) is 12.8 Å². The number of nitrogens with zero attached hydrogens (tertiary/aromatic N) is 1. The van der Waals surface area contributed by atoms with Crippen LogP contribution in [0, 0.1) is 0 Å². The van der Waals surface area contributed by atoms with Gasteiger partial charge >= 0.3 is 0 Å². The second kappa shape index (κ2) is 6.26. The van der Waals surface area contributed by atoms with Gasteiger partial charge < -0.3 is 10.6 Å². The largest absolute Gasteiger partial charge is 0.332 e. The van der Waals surface area contributed by atoms with E-state index in [9.17, 15) is 0 Å². The van der Waals surface area contributed by atoms with Crippen molar-refractivity contribution < 1.29 is 0 Å². The van der Waals surface area contributed by atoms with E-state index in [1.807, 2.05) is 24.3 Å². The Morgan fingerprint density at radius 3 is 2.74 bits per heavy atom. The lowest BCUT2D eigenvalue weighted by atomic mass is 10.0. The van der Waals surface area contributed by atoms with Gasteiger partial charge in [0.2, 0.25) is 0 Å². The van der Waals surface area contributed by atoms with E-state index in [1.54, 1.807) is 11.3 Å². The Morgan fingerprint density at radius 2 is 1.83 bits per heavy atom. The maximum atomic E-state index is 5.47. The number of anilines is 2. The molecule has 0 aliphatic heterocycles. The molecule has 0 radical (unpaired) electrons. The van der Waals surface area contributed by atoms with Crippen LogP contribution in [0.5, 0.6) is 0 Å². The van der Waals surface area contributed by atoms with Crippen LogP contribution in [0.25, 0.3) is 10.8 Å². The summed E-state index contributed by atoms with van der Waals surface area (Å²) < 4.78 is 0. The third-order valence-corrected chi connectivity index (χ3v) is 5.38. The lowest BCUT2D eigenvalue weighted by molar-refractivity contribution is 0.683. The van der Waals surface area contributed by atoms with Crippen LogP contribution in [0.1, 0.15) is 23.4 Å². The Labute approximate surface area is 144 Å². The van der Waals surface area contributed by atoms with Crippen molar-refractivity contribution in [3.63, 3.8) is 0 Å². The van der Waals surface area contributed by atoms with E-state index in [0.29, 0.717) is 5.11 Å². The van der Waals surface area contributed by atoms with Crippen molar-refractivity contribution in [2.45, 2.75) is 25.7 Å². The maximum Gasteiger partial charge on any atom is 0.189 e. The smallest absolute Gasteiger partial charge is 0.189 e. The van der Waals surface area contributed by atoms with Crippen molar-refractivity contribution in [2.24, 2.45) is 0 Å². The van der Waals surface area contributed by atoms with E-state index in [-0.39, 0.29) is 0 Å². The number of thiocarbonyl (C=S) groups is 1. The van der Waals surface area contributed by atoms with Crippen LogP contribution in [0.4, 0.5) is 10.8 Å². The third-order valence-electron chi connectivity index (χ3n) is 4.10. The molecule has 3 nitrogen and oxygen atoms in total. The van der Waals surface area contributed by atoms with Crippen molar-refractivity contribution in [3.05, 3.63) is 53.0 Å². The topological polar surface area (TPSA) is 37.0 Å². The third kappa shape index (κ3) is 3.07. The molecule has 1 aliphatic rings. The van der Waals surface area contributed by atoms with Gasteiger partial charge in [0.1, 0.15) is 0 Å². The molecule has 116 valence electrons. The van der Waals surface area contributed by atoms with E-state index < -0.39 is 0 Å². The van der Waals surface area contributed by atoms with Crippen LogP contribution in [0.3, 0.4) is 0 Å². The monoisotopic (exact) mass is 339 g/mol. The Hall–Kier alpha value is -1.98. The van der Waals surface area contributed by atoms with Gasteiger partial charge in [-0.1, -0.05) is 36.4 Å². The van der Waals surface area contributed by atoms with E-state index in [4.69, 9.17) is 12.2 Å². The highest BCUT2D eigenvalue weighted by Gasteiger charge is 2.15. The highest BCUT2D eigenvalue weighted by atomic mass is 32.1. The van der Waals surface area contributed by atoms with Crippen molar-refractivity contribution >= 4 is 50.3 Å². The van der Waals surface area contributed by atoms with E-state index >= 15 is 0 Å². The van der Waals surface area contributed by atoms with Crippen molar-refractivity contribution in [2.75, 3.05) is 10.6 Å². The summed E-state index contributed by atoms with van der Waals surface area (Å²) in [5.74, 6) is 0. The summed E-state index contributed by atoms with van der Waals surface area (Å²) >= 11 is 7.19. The van der Waals surface area contributed by atoms with Gasteiger partial charge in [0.25, 0.3) is 0 Å². The van der Waals surface area contributed by atoms with Crippen molar-refractivity contribution in [1.82, 2.24) is 4.98 Å². The predicted molar refractivity (Wildman–Crippen MR) is 103 cm³/mol. The molecule has 0 saturated heterocycles. The summed E-state index contributed by atoms with van der Waals surface area (Å²) in [5.41, 5.74) is 2.26. The molecule has 1 heterocycles. The molecule has 23 heavy (non-hydrogen) atoms. The fourth-order valence-corrected chi connectivity index (χ4v) is 4.32. The van der Waals surface area contributed by atoms with Gasteiger partial charge in [-0.25, -0.2) is 4.98 Å². The number of fused-ring (bicyclic) bond motifs is 2. The SMILES string of the molecule is S=C(Nc1nc2c(s1)CCCC2)Nc1cccc2ccccc12. The number of thiazole rings is 1. The van der Waals surface area contributed by atoms with Gasteiger partial charge in [0, 0.05) is 16.0 Å². The first-order valence-corrected chi connectivity index (χ1v) is 9.06. The van der Waals surface area contributed by atoms with E-state index in [2.05, 4.69) is 33.8 Å². The first kappa shape index (κ1) is 14.6. The lowest BCUT2D eigenvalue weighted by Gasteiger charge is -2.11. The molecule has 1 aliphatic carbocycles. The molecule has 0 atom stereocenters. The molecule has 3 aromatic rings. The molecule has 0 bridgehead atoms. The minimum Gasteiger partial charge on any atom is -0.332 e. The molecular formula is C18H17N3S2. The predicted octanol–water partition coefficient (Wildman–Crippen LogP) is 4.98. The van der Waals surface area contributed by atoms with Gasteiger partial charge in [-0.3, -0.25) is 0 Å². The molecular weight excluding hydrogens is 322 g/mol. The summed E-state index contributed by atoms with van der Waals surface area (Å²) in [6, 6.07) is 14.5. The first-order chi connectivity index (χ1) is 11.3. The molecule has 1 aromatic heterocycles. The molecule has 0 fully saturated rings. The van der Waals surface area contributed by atoms with Crippen LogP contribution in [0.2, 0.25) is 0 Å². The zero-order valence-corrected chi connectivity index (χ0v) is 14.3. The summed E-state index contributed by atoms with van der Waals surface area (Å²) in [4.78, 5) is 6.08. The van der Waals surface area contributed by atoms with Gasteiger partial charge in [-0.15, -0.1) is 11.3 Å². The fraction of sp³-hybridized carbons (Fsp3) is 0.222. The van der Waals surface area contributed by atoms with Gasteiger partial charge in [-0.2, -0.15) is 0 Å². The van der Waals surface area contributed by atoms with Crippen molar-refractivity contribution in [1.29, 1.82) is 0 Å². The zero-order valence-electron chi connectivity index (χ0n) is 12.6. The summed E-state index contributed by atoms with van der Waals surface area (Å²) in [7, 11) is 0. The van der Waals surface area contributed by atoms with Gasteiger partial charge in [-0.05, 0) is 49.4 Å². The summed E-state index contributed by atoms with van der Waals surface area (Å²) in [5, 5.41) is 10.4. The summed E-state index contributed by atoms with van der Waals surface area (Å²) in [6.07, 6.45) is 4.76. The van der Waals surface area contributed by atoms with E-state index in [1.165, 1.54) is 28.8 Å². The molecule has 4 rings (SSSR count). The highest BCUT2D eigenvalue weighted by Crippen LogP contribution is 2.30. The second-order valence-corrected chi connectivity index (χ2v) is 7.19. The van der Waals surface area contributed by atoms with E-state index in [0.717, 1.165) is 29.0 Å². The number of nitrogens with one attached hydrogen (secondary N) is 2. The van der Waals surface area contributed by atoms with Crippen LogP contribution >= 0.6 is 23.6 Å². The van der Waals surface area contributed by atoms with Gasteiger partial charge in [0.15, 0.2) is 10.2 Å². The number of benzene rings is 2. The Morgan fingerprint density at radius 1 is 1.00 bits per heavy atom. The molecule has 2 aromatic carbocycles. The molecule has 2 N–H and O–H groups in total. The minimum atomic E-state index is 0.590. The minimum absolute atomic E-state index is 0.590. The van der Waals surface area contributed by atoms with Crippen LogP contribution in [-0.4, -0.2) is 10.1 Å². The fourth-order valence-electron chi connectivity index (χ4n) is 2.99. The van der Waals surface area contributed by atoms with Crippen LogP contribution in [0.15, 0.2) is 42.5 Å². The Balaban J connectivity index is 1.52. The number of aryl methyl sites for hydroxylation is 2. The Bertz CT molecular complexity index is 841. The molecule has 0 saturated carbocycles. The molecule has 0 spiro atoms. The number of rotatable bonds is 2. The molecule has 0 amide bonds. The normalized spacial score (nSPS) is 13.6.